The van der Waals surface area contributed by atoms with Gasteiger partial charge in [-0.25, -0.2) is 0 Å². The van der Waals surface area contributed by atoms with Gasteiger partial charge < -0.3 is 20.3 Å². The van der Waals surface area contributed by atoms with Crippen LogP contribution in [0, 0.1) is 0 Å². The van der Waals surface area contributed by atoms with E-state index in [-0.39, 0.29) is 28.0 Å². The minimum Gasteiger partial charge on any atom is -0.504 e. The number of rotatable bonds is 5. The normalized spacial score (nSPS) is 12.7. The number of carbonyl (C=O) groups excluding carboxylic acids is 2. The van der Waals surface area contributed by atoms with E-state index in [9.17, 15) is 19.8 Å². The van der Waals surface area contributed by atoms with E-state index in [1.54, 1.807) is 18.2 Å². The second-order valence-corrected chi connectivity index (χ2v) is 5.50. The van der Waals surface area contributed by atoms with Crippen LogP contribution in [0.25, 0.3) is 0 Å². The number of ether oxygens (including phenoxy) is 1. The molecule has 3 N–H and O–H groups in total. The molecule has 3 rings (SSSR count). The Hall–Kier alpha value is -2.86. The molecule has 1 aliphatic carbocycles. The van der Waals surface area contributed by atoms with Gasteiger partial charge in [0.1, 0.15) is 5.75 Å². The fourth-order valence-electron chi connectivity index (χ4n) is 2.77. The van der Waals surface area contributed by atoms with Gasteiger partial charge in [-0.3, -0.25) is 9.59 Å². The monoisotopic (exact) mass is 327 g/mol. The number of fused-ring (bicyclic) bond motifs is 2. The van der Waals surface area contributed by atoms with Crippen molar-refractivity contribution in [1.82, 2.24) is 5.32 Å². The third-order valence-electron chi connectivity index (χ3n) is 3.94. The number of carbonyl (C=O) groups is 2. The Morgan fingerprint density at radius 2 is 1.67 bits per heavy atom. The highest BCUT2D eigenvalue weighted by Crippen LogP contribution is 2.43. The lowest BCUT2D eigenvalue weighted by Crippen LogP contribution is -2.22. The molecule has 1 aliphatic rings. The number of aromatic hydroxyl groups is 2. The van der Waals surface area contributed by atoms with Crippen LogP contribution >= 0.6 is 0 Å². The van der Waals surface area contributed by atoms with Gasteiger partial charge in [-0.05, 0) is 20.0 Å². The molecule has 124 valence electrons. The number of nitrogens with one attached hydrogen (secondary N) is 1. The van der Waals surface area contributed by atoms with Gasteiger partial charge in [0, 0.05) is 17.2 Å². The van der Waals surface area contributed by atoms with Gasteiger partial charge in [-0.15, -0.1) is 0 Å². The van der Waals surface area contributed by atoms with Crippen LogP contribution in [0.4, 0.5) is 0 Å². The largest absolute Gasteiger partial charge is 0.504 e. The van der Waals surface area contributed by atoms with Gasteiger partial charge in [-0.1, -0.05) is 24.3 Å². The zero-order chi connectivity index (χ0) is 17.3. The Bertz CT molecular complexity index is 828. The maximum atomic E-state index is 12.8. The number of benzene rings is 2. The predicted octanol–water partition coefficient (Wildman–Crippen LogP) is 1.86. The van der Waals surface area contributed by atoms with E-state index in [0.29, 0.717) is 13.0 Å². The molecule has 0 amide bonds. The van der Waals surface area contributed by atoms with Crippen molar-refractivity contribution in [3.05, 3.63) is 52.6 Å². The molecule has 0 aliphatic heterocycles. The summed E-state index contributed by atoms with van der Waals surface area (Å²) >= 11 is 0. The molecular formula is C18H17NO5. The maximum Gasteiger partial charge on any atom is 0.198 e. The minimum absolute atomic E-state index is 0.00143. The lowest BCUT2D eigenvalue weighted by atomic mass is 9.83. The minimum atomic E-state index is -0.597. The molecule has 0 unspecified atom stereocenters. The molecule has 6 nitrogen and oxygen atoms in total. The van der Waals surface area contributed by atoms with Gasteiger partial charge in [0.15, 0.2) is 23.1 Å². The topological polar surface area (TPSA) is 95.9 Å². The molecule has 0 radical (unpaired) electrons. The zero-order valence-corrected chi connectivity index (χ0v) is 13.1. The molecule has 0 spiro atoms. The summed E-state index contributed by atoms with van der Waals surface area (Å²) < 4.78 is 5.59. The summed E-state index contributed by atoms with van der Waals surface area (Å²) in [6.45, 7) is 1.03. The average molecular weight is 327 g/mol. The van der Waals surface area contributed by atoms with Crippen molar-refractivity contribution in [3.63, 3.8) is 0 Å². The highest BCUT2D eigenvalue weighted by molar-refractivity contribution is 6.30. The predicted molar refractivity (Wildman–Crippen MR) is 87.1 cm³/mol. The number of hydrogen-bond donors (Lipinski definition) is 3. The number of phenolic OH excluding ortho intramolecular Hbond substituents is 2. The van der Waals surface area contributed by atoms with Gasteiger partial charge in [0.2, 0.25) is 0 Å². The average Bonchev–Trinajstić information content (AvgIpc) is 2.59. The van der Waals surface area contributed by atoms with Crippen molar-refractivity contribution in [1.29, 1.82) is 0 Å². The molecule has 2 aromatic rings. The molecule has 0 saturated carbocycles. The summed E-state index contributed by atoms with van der Waals surface area (Å²) in [7, 11) is 1.81. The zero-order valence-electron chi connectivity index (χ0n) is 13.1. The van der Waals surface area contributed by atoms with Crippen LogP contribution in [0.5, 0.6) is 17.2 Å². The van der Waals surface area contributed by atoms with Crippen molar-refractivity contribution in [2.75, 3.05) is 20.2 Å². The fraction of sp³-hybridized carbons (Fsp3) is 0.222. The number of ketones is 2. The first-order valence-electron chi connectivity index (χ1n) is 7.61. The molecule has 0 atom stereocenters. The summed E-state index contributed by atoms with van der Waals surface area (Å²) in [5.74, 6) is -1.89. The Balaban J connectivity index is 2.10. The lowest BCUT2D eigenvalue weighted by molar-refractivity contribution is 0.0972. The molecule has 6 heteroatoms. The smallest absolute Gasteiger partial charge is 0.198 e. The van der Waals surface area contributed by atoms with Gasteiger partial charge in [0.25, 0.3) is 0 Å². The molecule has 0 bridgehead atoms. The van der Waals surface area contributed by atoms with Crippen molar-refractivity contribution in [2.45, 2.75) is 6.42 Å². The Labute approximate surface area is 138 Å². The van der Waals surface area contributed by atoms with Crippen molar-refractivity contribution in [2.24, 2.45) is 0 Å². The standard InChI is InChI=1S/C18H17NO5/c1-19-7-4-8-24-13-9-12(20)18(23)15-14(13)16(21)10-5-2-3-6-11(10)17(15)22/h2-3,5-6,9,19-20,23H,4,7-8H2,1H3. The van der Waals surface area contributed by atoms with Crippen molar-refractivity contribution >= 4 is 11.6 Å². The molecule has 0 saturated heterocycles. The maximum absolute atomic E-state index is 12.8. The van der Waals surface area contributed by atoms with E-state index in [1.165, 1.54) is 12.1 Å². The third-order valence-corrected chi connectivity index (χ3v) is 3.94. The van der Waals surface area contributed by atoms with E-state index >= 15 is 0 Å². The van der Waals surface area contributed by atoms with Crippen LogP contribution in [-0.4, -0.2) is 42.0 Å². The van der Waals surface area contributed by atoms with Crippen LogP contribution in [0.1, 0.15) is 38.3 Å². The first kappa shape index (κ1) is 16.0. The summed E-state index contributed by atoms with van der Waals surface area (Å²) in [6, 6.07) is 7.57. The Morgan fingerprint density at radius 3 is 2.29 bits per heavy atom. The van der Waals surface area contributed by atoms with Crippen LogP contribution in [0.3, 0.4) is 0 Å². The summed E-state index contributed by atoms with van der Waals surface area (Å²) in [4.78, 5) is 25.5. The Morgan fingerprint density at radius 1 is 1.04 bits per heavy atom. The number of phenols is 2. The van der Waals surface area contributed by atoms with Gasteiger partial charge in [-0.2, -0.15) is 0 Å². The second kappa shape index (κ2) is 6.33. The molecule has 0 fully saturated rings. The van der Waals surface area contributed by atoms with E-state index in [2.05, 4.69) is 5.32 Å². The summed E-state index contributed by atoms with van der Waals surface area (Å²) in [6.07, 6.45) is 0.686. The highest BCUT2D eigenvalue weighted by Gasteiger charge is 2.36. The van der Waals surface area contributed by atoms with E-state index in [1.807, 2.05) is 7.05 Å². The highest BCUT2D eigenvalue weighted by atomic mass is 16.5. The summed E-state index contributed by atoms with van der Waals surface area (Å²) in [5, 5.41) is 23.0. The molecule has 24 heavy (non-hydrogen) atoms. The van der Waals surface area contributed by atoms with Crippen molar-refractivity contribution < 1.29 is 24.5 Å². The SMILES string of the molecule is CNCCCOc1cc(O)c(O)c2c1C(=O)c1ccccc1C2=O. The lowest BCUT2D eigenvalue weighted by Gasteiger charge is -2.21. The van der Waals surface area contributed by atoms with Crippen LogP contribution in [-0.2, 0) is 0 Å². The molecule has 0 heterocycles. The number of hydrogen-bond acceptors (Lipinski definition) is 6. The Kier molecular flexibility index (Phi) is 4.22. The van der Waals surface area contributed by atoms with Gasteiger partial charge in [0.05, 0.1) is 17.7 Å². The van der Waals surface area contributed by atoms with Gasteiger partial charge >= 0.3 is 0 Å². The molecule has 0 aromatic heterocycles. The quantitative estimate of drug-likeness (QED) is 0.489. The first-order valence-corrected chi connectivity index (χ1v) is 7.61. The van der Waals surface area contributed by atoms with E-state index < -0.39 is 23.1 Å². The van der Waals surface area contributed by atoms with Crippen LogP contribution in [0.15, 0.2) is 30.3 Å². The first-order chi connectivity index (χ1) is 11.6. The second-order valence-electron chi connectivity index (χ2n) is 5.50. The van der Waals surface area contributed by atoms with Crippen molar-refractivity contribution in [3.8, 4) is 17.2 Å². The third kappa shape index (κ3) is 2.51. The fourth-order valence-corrected chi connectivity index (χ4v) is 2.77. The van der Waals surface area contributed by atoms with E-state index in [0.717, 1.165) is 6.54 Å². The summed E-state index contributed by atoms with van der Waals surface area (Å²) in [5.41, 5.74) is 0.262. The van der Waals surface area contributed by atoms with E-state index in [4.69, 9.17) is 4.74 Å². The molecular weight excluding hydrogens is 310 g/mol. The van der Waals surface area contributed by atoms with Crippen LogP contribution < -0.4 is 10.1 Å². The van der Waals surface area contributed by atoms with Crippen LogP contribution in [0.2, 0.25) is 0 Å². The molecule has 2 aromatic carbocycles.